The van der Waals surface area contributed by atoms with Crippen molar-refractivity contribution in [3.05, 3.63) is 47.3 Å². The van der Waals surface area contributed by atoms with Crippen LogP contribution in [0.15, 0.2) is 30.6 Å². The second-order valence-corrected chi connectivity index (χ2v) is 4.43. The molecule has 0 unspecified atom stereocenters. The van der Waals surface area contributed by atoms with E-state index in [4.69, 9.17) is 5.11 Å². The summed E-state index contributed by atoms with van der Waals surface area (Å²) in [6.45, 7) is 4.05. The van der Waals surface area contributed by atoms with Crippen LogP contribution in [0, 0.1) is 13.8 Å². The molecule has 0 atom stereocenters. The van der Waals surface area contributed by atoms with Crippen LogP contribution in [-0.4, -0.2) is 28.1 Å². The first-order valence-electron chi connectivity index (χ1n) is 5.85. The van der Waals surface area contributed by atoms with Crippen LogP contribution in [0.4, 0.5) is 11.6 Å². The average molecular weight is 257 g/mol. The monoisotopic (exact) mass is 257 g/mol. The SMILES string of the molecule is Cc1ccc(N(C)c2ncc(C(=O)O)cn2)c(C)c1. The van der Waals surface area contributed by atoms with Crippen molar-refractivity contribution < 1.29 is 9.90 Å². The van der Waals surface area contributed by atoms with Crippen LogP contribution >= 0.6 is 0 Å². The molecule has 19 heavy (non-hydrogen) atoms. The lowest BCUT2D eigenvalue weighted by Crippen LogP contribution is -2.14. The molecule has 0 fully saturated rings. The molecule has 0 bridgehead atoms. The number of nitrogens with zero attached hydrogens (tertiary/aromatic N) is 3. The maximum atomic E-state index is 10.8. The first-order chi connectivity index (χ1) is 8.99. The van der Waals surface area contributed by atoms with Crippen molar-refractivity contribution in [2.45, 2.75) is 13.8 Å². The summed E-state index contributed by atoms with van der Waals surface area (Å²) in [6, 6.07) is 6.10. The van der Waals surface area contributed by atoms with Crippen molar-refractivity contribution in [3.63, 3.8) is 0 Å². The highest BCUT2D eigenvalue weighted by molar-refractivity contribution is 5.86. The fourth-order valence-electron chi connectivity index (χ4n) is 1.89. The summed E-state index contributed by atoms with van der Waals surface area (Å²) >= 11 is 0. The number of carboxylic acid groups (broad SMARTS) is 1. The normalized spacial score (nSPS) is 10.3. The molecule has 2 aromatic rings. The van der Waals surface area contributed by atoms with Crippen molar-refractivity contribution in [3.8, 4) is 0 Å². The van der Waals surface area contributed by atoms with E-state index >= 15 is 0 Å². The highest BCUT2D eigenvalue weighted by Gasteiger charge is 2.11. The minimum Gasteiger partial charge on any atom is -0.478 e. The first-order valence-corrected chi connectivity index (χ1v) is 5.85. The number of anilines is 2. The summed E-state index contributed by atoms with van der Waals surface area (Å²) in [6.07, 6.45) is 2.62. The van der Waals surface area contributed by atoms with E-state index < -0.39 is 5.97 Å². The lowest BCUT2D eigenvalue weighted by molar-refractivity contribution is 0.0696. The predicted molar refractivity (Wildman–Crippen MR) is 73.0 cm³/mol. The van der Waals surface area contributed by atoms with E-state index in [9.17, 15) is 4.79 Å². The maximum Gasteiger partial charge on any atom is 0.338 e. The van der Waals surface area contributed by atoms with Gasteiger partial charge < -0.3 is 10.0 Å². The Kier molecular flexibility index (Phi) is 3.46. The van der Waals surface area contributed by atoms with Gasteiger partial charge >= 0.3 is 5.97 Å². The highest BCUT2D eigenvalue weighted by Crippen LogP contribution is 2.24. The fourth-order valence-corrected chi connectivity index (χ4v) is 1.89. The number of rotatable bonds is 3. The zero-order valence-corrected chi connectivity index (χ0v) is 11.1. The fraction of sp³-hybridized carbons (Fsp3) is 0.214. The van der Waals surface area contributed by atoms with Gasteiger partial charge in [-0.3, -0.25) is 0 Å². The van der Waals surface area contributed by atoms with Crippen LogP contribution < -0.4 is 4.90 Å². The molecule has 1 heterocycles. The smallest absolute Gasteiger partial charge is 0.338 e. The molecule has 0 amide bonds. The molecular formula is C14H15N3O2. The molecule has 98 valence electrons. The third kappa shape index (κ3) is 2.70. The Morgan fingerprint density at radius 1 is 1.21 bits per heavy atom. The third-order valence-electron chi connectivity index (χ3n) is 2.90. The van der Waals surface area contributed by atoms with Gasteiger partial charge in [0, 0.05) is 25.1 Å². The Morgan fingerprint density at radius 2 is 1.84 bits per heavy atom. The maximum absolute atomic E-state index is 10.8. The molecule has 2 rings (SSSR count). The second kappa shape index (κ2) is 5.06. The van der Waals surface area contributed by atoms with E-state index in [1.165, 1.54) is 18.0 Å². The zero-order valence-electron chi connectivity index (χ0n) is 11.1. The molecule has 0 saturated heterocycles. The molecule has 0 spiro atoms. The van der Waals surface area contributed by atoms with Gasteiger partial charge in [-0.05, 0) is 25.5 Å². The van der Waals surface area contributed by atoms with E-state index in [0.717, 1.165) is 11.3 Å². The number of hydrogen-bond acceptors (Lipinski definition) is 4. The van der Waals surface area contributed by atoms with Crippen LogP contribution in [0.25, 0.3) is 0 Å². The molecule has 0 saturated carbocycles. The quantitative estimate of drug-likeness (QED) is 0.915. The van der Waals surface area contributed by atoms with E-state index in [1.807, 2.05) is 37.9 Å². The van der Waals surface area contributed by atoms with Gasteiger partial charge in [-0.15, -0.1) is 0 Å². The van der Waals surface area contributed by atoms with E-state index in [0.29, 0.717) is 5.95 Å². The third-order valence-corrected chi connectivity index (χ3v) is 2.90. The van der Waals surface area contributed by atoms with Crippen LogP contribution in [0.3, 0.4) is 0 Å². The Labute approximate surface area is 111 Å². The topological polar surface area (TPSA) is 66.3 Å². The Morgan fingerprint density at radius 3 is 2.37 bits per heavy atom. The van der Waals surface area contributed by atoms with Crippen LogP contribution in [-0.2, 0) is 0 Å². The Hall–Kier alpha value is -2.43. The van der Waals surface area contributed by atoms with Crippen molar-refractivity contribution in [2.24, 2.45) is 0 Å². The lowest BCUT2D eigenvalue weighted by Gasteiger charge is -2.19. The largest absolute Gasteiger partial charge is 0.478 e. The molecule has 0 aliphatic heterocycles. The number of benzene rings is 1. The average Bonchev–Trinajstić information content (AvgIpc) is 2.38. The van der Waals surface area contributed by atoms with E-state index in [1.54, 1.807) is 0 Å². The van der Waals surface area contributed by atoms with Gasteiger partial charge in [0.1, 0.15) is 0 Å². The summed E-state index contributed by atoms with van der Waals surface area (Å²) in [5.41, 5.74) is 3.39. The minimum absolute atomic E-state index is 0.0813. The number of aromatic nitrogens is 2. The van der Waals surface area contributed by atoms with Gasteiger partial charge in [0.15, 0.2) is 0 Å². The van der Waals surface area contributed by atoms with Crippen molar-refractivity contribution in [2.75, 3.05) is 11.9 Å². The Balaban J connectivity index is 2.33. The first kappa shape index (κ1) is 13.0. The molecule has 0 aliphatic carbocycles. The molecule has 1 aromatic carbocycles. The number of carboxylic acids is 1. The summed E-state index contributed by atoms with van der Waals surface area (Å²) in [7, 11) is 1.85. The molecule has 0 radical (unpaired) electrons. The minimum atomic E-state index is -1.03. The van der Waals surface area contributed by atoms with Crippen molar-refractivity contribution in [1.29, 1.82) is 0 Å². The molecule has 1 N–H and O–H groups in total. The van der Waals surface area contributed by atoms with Gasteiger partial charge in [0.2, 0.25) is 5.95 Å². The number of carbonyl (C=O) groups is 1. The molecular weight excluding hydrogens is 242 g/mol. The number of hydrogen-bond donors (Lipinski definition) is 1. The van der Waals surface area contributed by atoms with Gasteiger partial charge in [0.25, 0.3) is 0 Å². The Bertz CT molecular complexity index is 609. The summed E-state index contributed by atoms with van der Waals surface area (Å²) in [5, 5.41) is 8.81. The van der Waals surface area contributed by atoms with E-state index in [2.05, 4.69) is 16.0 Å². The molecule has 5 nitrogen and oxygen atoms in total. The van der Waals surface area contributed by atoms with Crippen LogP contribution in [0.5, 0.6) is 0 Å². The van der Waals surface area contributed by atoms with Crippen molar-refractivity contribution >= 4 is 17.6 Å². The van der Waals surface area contributed by atoms with E-state index in [-0.39, 0.29) is 5.56 Å². The summed E-state index contributed by atoms with van der Waals surface area (Å²) in [4.78, 5) is 20.7. The van der Waals surface area contributed by atoms with Gasteiger partial charge in [0.05, 0.1) is 5.56 Å². The lowest BCUT2D eigenvalue weighted by atomic mass is 10.1. The van der Waals surface area contributed by atoms with Crippen molar-refractivity contribution in [1.82, 2.24) is 9.97 Å². The molecule has 1 aromatic heterocycles. The highest BCUT2D eigenvalue weighted by atomic mass is 16.4. The predicted octanol–water partition coefficient (Wildman–Crippen LogP) is 2.56. The second-order valence-electron chi connectivity index (χ2n) is 4.43. The summed E-state index contributed by atoms with van der Waals surface area (Å²) < 4.78 is 0. The van der Waals surface area contributed by atoms with Gasteiger partial charge in [-0.25, -0.2) is 14.8 Å². The molecule has 0 aliphatic rings. The molecule has 5 heteroatoms. The number of aromatic carboxylic acids is 1. The van der Waals surface area contributed by atoms with Crippen LogP contribution in [0.2, 0.25) is 0 Å². The van der Waals surface area contributed by atoms with Gasteiger partial charge in [-0.2, -0.15) is 0 Å². The van der Waals surface area contributed by atoms with Crippen LogP contribution in [0.1, 0.15) is 21.5 Å². The zero-order chi connectivity index (χ0) is 14.0. The van der Waals surface area contributed by atoms with Gasteiger partial charge in [-0.1, -0.05) is 17.7 Å². The summed E-state index contributed by atoms with van der Waals surface area (Å²) in [5.74, 6) is -0.558. The number of aryl methyl sites for hydroxylation is 2. The standard InChI is InChI=1S/C14H15N3O2/c1-9-4-5-12(10(2)6-9)17(3)14-15-7-11(8-16-14)13(18)19/h4-8H,1-3H3,(H,18,19).